The largest absolute Gasteiger partial charge is 0.394 e. The highest BCUT2D eigenvalue weighted by molar-refractivity contribution is 7.17. The molecular formula is C26H27N3O3S. The van der Waals surface area contributed by atoms with Crippen LogP contribution in [0.4, 0.5) is 0 Å². The molecule has 1 heterocycles. The predicted molar refractivity (Wildman–Crippen MR) is 132 cm³/mol. The SMILES string of the molecule is Cc1c(-c2ccccc2)cccc1-c1nnc(-c2cccc(CNC(CO)(CO)CO)c2)s1. The fraction of sp³-hybridized carbons (Fsp3) is 0.231. The van der Waals surface area contributed by atoms with Crippen LogP contribution in [0.15, 0.2) is 72.8 Å². The van der Waals surface area contributed by atoms with Gasteiger partial charge in [-0.3, -0.25) is 0 Å². The Hall–Kier alpha value is -2.94. The molecule has 0 bridgehead atoms. The van der Waals surface area contributed by atoms with Crippen molar-refractivity contribution in [2.45, 2.75) is 19.0 Å². The predicted octanol–water partition coefficient (Wildman–Crippen LogP) is 3.65. The molecule has 33 heavy (non-hydrogen) atoms. The number of aliphatic hydroxyl groups excluding tert-OH is 3. The summed E-state index contributed by atoms with van der Waals surface area (Å²) in [6, 6.07) is 24.4. The first-order valence-electron chi connectivity index (χ1n) is 10.7. The van der Waals surface area contributed by atoms with Gasteiger partial charge in [0.25, 0.3) is 0 Å². The van der Waals surface area contributed by atoms with Gasteiger partial charge >= 0.3 is 0 Å². The molecule has 0 saturated heterocycles. The van der Waals surface area contributed by atoms with Crippen LogP contribution in [0.3, 0.4) is 0 Å². The van der Waals surface area contributed by atoms with Crippen LogP contribution in [-0.4, -0.2) is 50.9 Å². The van der Waals surface area contributed by atoms with Gasteiger partial charge in [-0.15, -0.1) is 10.2 Å². The average Bonchev–Trinajstić information content (AvgIpc) is 3.36. The summed E-state index contributed by atoms with van der Waals surface area (Å²) in [4.78, 5) is 0. The summed E-state index contributed by atoms with van der Waals surface area (Å²) in [6.45, 7) is 1.42. The second-order valence-corrected chi connectivity index (χ2v) is 9.04. The summed E-state index contributed by atoms with van der Waals surface area (Å²) in [6.07, 6.45) is 0. The van der Waals surface area contributed by atoms with Gasteiger partial charge in [-0.05, 0) is 35.2 Å². The van der Waals surface area contributed by atoms with E-state index in [2.05, 4.69) is 46.7 Å². The first-order chi connectivity index (χ1) is 16.1. The van der Waals surface area contributed by atoms with Crippen molar-refractivity contribution in [1.29, 1.82) is 0 Å². The van der Waals surface area contributed by atoms with Crippen LogP contribution >= 0.6 is 11.3 Å². The lowest BCUT2D eigenvalue weighted by molar-refractivity contribution is 0.0414. The maximum absolute atomic E-state index is 9.51. The van der Waals surface area contributed by atoms with E-state index in [1.807, 2.05) is 48.5 Å². The highest BCUT2D eigenvalue weighted by Crippen LogP contribution is 2.35. The van der Waals surface area contributed by atoms with E-state index in [1.54, 1.807) is 11.3 Å². The fourth-order valence-electron chi connectivity index (χ4n) is 3.67. The number of rotatable bonds is 9. The van der Waals surface area contributed by atoms with Gasteiger partial charge in [-0.25, -0.2) is 0 Å². The summed E-state index contributed by atoms with van der Waals surface area (Å²) in [5.74, 6) is 0. The first-order valence-corrected chi connectivity index (χ1v) is 11.6. The van der Waals surface area contributed by atoms with E-state index >= 15 is 0 Å². The second-order valence-electron chi connectivity index (χ2n) is 8.07. The van der Waals surface area contributed by atoms with Crippen molar-refractivity contribution in [2.75, 3.05) is 19.8 Å². The van der Waals surface area contributed by atoms with Gasteiger partial charge in [0.15, 0.2) is 0 Å². The Bertz CT molecular complexity index is 1200. The van der Waals surface area contributed by atoms with Gasteiger partial charge in [-0.1, -0.05) is 78.1 Å². The van der Waals surface area contributed by atoms with Crippen molar-refractivity contribution in [3.05, 3.63) is 83.9 Å². The Morgan fingerprint density at radius 3 is 2.12 bits per heavy atom. The van der Waals surface area contributed by atoms with Crippen LogP contribution in [0.2, 0.25) is 0 Å². The third kappa shape index (κ3) is 5.03. The smallest absolute Gasteiger partial charge is 0.148 e. The van der Waals surface area contributed by atoms with Gasteiger partial charge in [0.05, 0.1) is 25.4 Å². The van der Waals surface area contributed by atoms with Crippen LogP contribution in [0, 0.1) is 6.92 Å². The van der Waals surface area contributed by atoms with Crippen LogP contribution in [0.25, 0.3) is 32.3 Å². The molecule has 4 rings (SSSR count). The maximum atomic E-state index is 9.51. The quantitative estimate of drug-likeness (QED) is 0.304. The molecule has 0 radical (unpaired) electrons. The van der Waals surface area contributed by atoms with E-state index < -0.39 is 5.54 Å². The van der Waals surface area contributed by atoms with E-state index in [0.29, 0.717) is 6.54 Å². The highest BCUT2D eigenvalue weighted by Gasteiger charge is 2.27. The topological polar surface area (TPSA) is 98.5 Å². The first kappa shape index (κ1) is 23.2. The summed E-state index contributed by atoms with van der Waals surface area (Å²) >= 11 is 1.54. The molecule has 0 aliphatic rings. The molecule has 6 nitrogen and oxygen atoms in total. The Balaban J connectivity index is 1.58. The molecule has 0 amide bonds. The highest BCUT2D eigenvalue weighted by atomic mass is 32.1. The molecule has 1 aromatic heterocycles. The van der Waals surface area contributed by atoms with E-state index in [4.69, 9.17) is 0 Å². The van der Waals surface area contributed by atoms with E-state index in [-0.39, 0.29) is 19.8 Å². The molecule has 0 unspecified atom stereocenters. The van der Waals surface area contributed by atoms with Crippen molar-refractivity contribution in [3.63, 3.8) is 0 Å². The third-order valence-corrected chi connectivity index (χ3v) is 6.83. The maximum Gasteiger partial charge on any atom is 0.148 e. The molecule has 3 aromatic carbocycles. The zero-order chi connectivity index (χ0) is 23.3. The lowest BCUT2D eigenvalue weighted by Gasteiger charge is -2.28. The van der Waals surface area contributed by atoms with Crippen molar-refractivity contribution in [3.8, 4) is 32.3 Å². The van der Waals surface area contributed by atoms with Crippen LogP contribution < -0.4 is 5.32 Å². The number of aromatic nitrogens is 2. The number of hydrogen-bond donors (Lipinski definition) is 4. The zero-order valence-corrected chi connectivity index (χ0v) is 19.2. The van der Waals surface area contributed by atoms with Gasteiger partial charge in [0.1, 0.15) is 10.0 Å². The normalized spacial score (nSPS) is 11.6. The monoisotopic (exact) mass is 461 g/mol. The standard InChI is InChI=1S/C26H27N3O3S/c1-18-22(20-8-3-2-4-9-20)11-6-12-23(18)25-29-28-24(33-25)21-10-5-7-19(13-21)14-27-26(15-30,16-31)17-32/h2-13,27,30-32H,14-17H2,1H3. The summed E-state index contributed by atoms with van der Waals surface area (Å²) in [7, 11) is 0. The van der Waals surface area contributed by atoms with Crippen LogP contribution in [0.1, 0.15) is 11.1 Å². The molecule has 4 N–H and O–H groups in total. The molecule has 0 aliphatic carbocycles. The number of hydrogen-bond acceptors (Lipinski definition) is 7. The molecule has 7 heteroatoms. The second kappa shape index (κ2) is 10.3. The van der Waals surface area contributed by atoms with Gasteiger partial charge in [-0.2, -0.15) is 0 Å². The molecule has 0 saturated carbocycles. The Morgan fingerprint density at radius 2 is 1.39 bits per heavy atom. The Kier molecular flexibility index (Phi) is 7.27. The third-order valence-electron chi connectivity index (χ3n) is 5.82. The molecule has 0 atom stereocenters. The molecule has 0 aliphatic heterocycles. The summed E-state index contributed by atoms with van der Waals surface area (Å²) in [5.41, 5.74) is 5.36. The average molecular weight is 462 g/mol. The summed E-state index contributed by atoms with van der Waals surface area (Å²) in [5, 5.41) is 42.2. The van der Waals surface area contributed by atoms with Crippen LogP contribution in [-0.2, 0) is 6.54 Å². The van der Waals surface area contributed by atoms with Crippen molar-refractivity contribution < 1.29 is 15.3 Å². The lowest BCUT2D eigenvalue weighted by Crippen LogP contribution is -2.54. The molecular weight excluding hydrogens is 434 g/mol. The van der Waals surface area contributed by atoms with Crippen molar-refractivity contribution in [1.82, 2.24) is 15.5 Å². The van der Waals surface area contributed by atoms with Gasteiger partial charge in [0.2, 0.25) is 0 Å². The zero-order valence-electron chi connectivity index (χ0n) is 18.4. The Morgan fingerprint density at radius 1 is 0.758 bits per heavy atom. The van der Waals surface area contributed by atoms with E-state index in [9.17, 15) is 15.3 Å². The van der Waals surface area contributed by atoms with Crippen molar-refractivity contribution >= 4 is 11.3 Å². The van der Waals surface area contributed by atoms with Crippen molar-refractivity contribution in [2.24, 2.45) is 0 Å². The minimum Gasteiger partial charge on any atom is -0.394 e. The van der Waals surface area contributed by atoms with E-state index in [1.165, 1.54) is 11.1 Å². The molecule has 170 valence electrons. The summed E-state index contributed by atoms with van der Waals surface area (Å²) < 4.78 is 0. The minimum atomic E-state index is -1.12. The van der Waals surface area contributed by atoms with E-state index in [0.717, 1.165) is 32.3 Å². The number of nitrogens with one attached hydrogen (secondary N) is 1. The molecule has 4 aromatic rings. The minimum absolute atomic E-state index is 0.360. The fourth-order valence-corrected chi connectivity index (χ4v) is 4.59. The number of nitrogens with zero attached hydrogens (tertiary/aromatic N) is 2. The Labute approximate surface area is 197 Å². The van der Waals surface area contributed by atoms with Gasteiger partial charge < -0.3 is 20.6 Å². The molecule has 0 spiro atoms. The van der Waals surface area contributed by atoms with Crippen LogP contribution in [0.5, 0.6) is 0 Å². The molecule has 0 fully saturated rings. The number of benzene rings is 3. The number of aliphatic hydroxyl groups is 3. The van der Waals surface area contributed by atoms with Gasteiger partial charge in [0, 0.05) is 17.7 Å². The lowest BCUT2D eigenvalue weighted by atomic mass is 9.97.